The third-order valence-electron chi connectivity index (χ3n) is 5.27. The van der Waals surface area contributed by atoms with E-state index in [1.165, 1.54) is 11.1 Å². The Morgan fingerprint density at radius 2 is 1.87 bits per heavy atom. The van der Waals surface area contributed by atoms with Crippen molar-refractivity contribution < 1.29 is 9.47 Å². The molecule has 0 atom stereocenters. The Morgan fingerprint density at radius 1 is 1.06 bits per heavy atom. The molecule has 1 aliphatic heterocycles. The molecule has 3 heterocycles. The average Bonchev–Trinajstić information content (AvgIpc) is 3.51. The summed E-state index contributed by atoms with van der Waals surface area (Å²) < 4.78 is 12.6. The van der Waals surface area contributed by atoms with E-state index in [1.807, 2.05) is 28.9 Å². The monoisotopic (exact) mass is 432 g/mol. The van der Waals surface area contributed by atoms with Gasteiger partial charge in [-0.25, -0.2) is 9.50 Å². The zero-order valence-corrected chi connectivity index (χ0v) is 18.4. The molecule has 0 unspecified atom stereocenters. The summed E-state index contributed by atoms with van der Waals surface area (Å²) in [5.41, 5.74) is 4.58. The summed E-state index contributed by atoms with van der Waals surface area (Å²) in [7, 11) is 0. The number of anilines is 1. The number of imidazole rings is 1. The van der Waals surface area contributed by atoms with Crippen molar-refractivity contribution in [3.05, 3.63) is 83.9 Å². The molecule has 7 heteroatoms. The zero-order valence-electron chi connectivity index (χ0n) is 17.6. The van der Waals surface area contributed by atoms with Crippen LogP contribution in [0.2, 0.25) is 0 Å². The first-order valence-electron chi connectivity index (χ1n) is 10.3. The van der Waals surface area contributed by atoms with Crippen LogP contribution in [-0.2, 0) is 16.0 Å². The summed E-state index contributed by atoms with van der Waals surface area (Å²) in [6.07, 6.45) is 3.67. The number of ether oxygens (including phenoxy) is 2. The lowest BCUT2D eigenvalue weighted by Gasteiger charge is -2.21. The minimum atomic E-state index is 0.272. The fraction of sp³-hybridized carbons (Fsp3) is 0.250. The number of nitrogens with zero attached hydrogens (tertiary/aromatic N) is 4. The van der Waals surface area contributed by atoms with Crippen molar-refractivity contribution in [2.75, 3.05) is 18.2 Å². The first-order valence-corrected chi connectivity index (χ1v) is 11.2. The molecular weight excluding hydrogens is 408 g/mol. The van der Waals surface area contributed by atoms with Gasteiger partial charge in [0.1, 0.15) is 6.26 Å². The van der Waals surface area contributed by atoms with Gasteiger partial charge in [-0.05, 0) is 17.0 Å². The lowest BCUT2D eigenvalue weighted by atomic mass is 10.0. The molecule has 2 aromatic heterocycles. The fourth-order valence-corrected chi connectivity index (χ4v) is 4.41. The lowest BCUT2D eigenvalue weighted by Crippen LogP contribution is -2.25. The van der Waals surface area contributed by atoms with Gasteiger partial charge in [0.15, 0.2) is 5.76 Å². The summed E-state index contributed by atoms with van der Waals surface area (Å²) in [5, 5.41) is 5.71. The van der Waals surface area contributed by atoms with Crippen LogP contribution in [0.4, 0.5) is 5.13 Å². The fourth-order valence-electron chi connectivity index (χ4n) is 3.53. The Balaban J connectivity index is 1.42. The van der Waals surface area contributed by atoms with Gasteiger partial charge in [0, 0.05) is 12.1 Å². The van der Waals surface area contributed by atoms with Gasteiger partial charge < -0.3 is 14.4 Å². The maximum absolute atomic E-state index is 5.55. The third kappa shape index (κ3) is 4.27. The van der Waals surface area contributed by atoms with Crippen LogP contribution in [-0.4, -0.2) is 27.9 Å². The van der Waals surface area contributed by atoms with Gasteiger partial charge in [-0.15, -0.1) is 5.10 Å². The predicted molar refractivity (Wildman–Crippen MR) is 123 cm³/mol. The van der Waals surface area contributed by atoms with E-state index in [4.69, 9.17) is 19.6 Å². The predicted octanol–water partition coefficient (Wildman–Crippen LogP) is 5.43. The van der Waals surface area contributed by atoms with Gasteiger partial charge in [-0.3, -0.25) is 0 Å². The van der Waals surface area contributed by atoms with Gasteiger partial charge in [0.05, 0.1) is 18.4 Å². The van der Waals surface area contributed by atoms with Crippen LogP contribution in [0.3, 0.4) is 0 Å². The van der Waals surface area contributed by atoms with Crippen LogP contribution in [0.25, 0.3) is 16.2 Å². The standard InChI is InChI=1S/C24H24N4O2S/c1-17(2)19-8-10-20(11-9-19)22-14-28-23(25-22)31-24(26-28)27(13-21-15-29-16-30-21)12-18-6-4-3-5-7-18/h3-11,14-15,17H,12-13,16H2,1-2H3. The Morgan fingerprint density at radius 3 is 2.55 bits per heavy atom. The molecule has 4 aromatic rings. The van der Waals surface area contributed by atoms with E-state index >= 15 is 0 Å². The first-order chi connectivity index (χ1) is 15.2. The number of benzene rings is 2. The second kappa shape index (κ2) is 8.43. The van der Waals surface area contributed by atoms with E-state index in [1.54, 1.807) is 17.6 Å². The van der Waals surface area contributed by atoms with Crippen LogP contribution in [0.1, 0.15) is 30.9 Å². The minimum absolute atomic E-state index is 0.272. The second-order valence-electron chi connectivity index (χ2n) is 7.87. The van der Waals surface area contributed by atoms with Crippen molar-refractivity contribution in [2.45, 2.75) is 26.3 Å². The Hall–Kier alpha value is -3.32. The molecule has 1 aliphatic rings. The molecule has 6 nitrogen and oxygen atoms in total. The number of hydrogen-bond donors (Lipinski definition) is 0. The molecule has 0 saturated heterocycles. The number of aromatic nitrogens is 3. The quantitative estimate of drug-likeness (QED) is 0.390. The van der Waals surface area contributed by atoms with Crippen LogP contribution in [0.5, 0.6) is 0 Å². The van der Waals surface area contributed by atoms with Crippen molar-refractivity contribution in [1.82, 2.24) is 14.6 Å². The third-order valence-corrected chi connectivity index (χ3v) is 6.25. The van der Waals surface area contributed by atoms with E-state index in [-0.39, 0.29) is 6.79 Å². The Labute approximate surface area is 185 Å². The topological polar surface area (TPSA) is 51.9 Å². The highest BCUT2D eigenvalue weighted by Crippen LogP contribution is 2.29. The Bertz CT molecular complexity index is 1160. The zero-order chi connectivity index (χ0) is 21.2. The van der Waals surface area contributed by atoms with Gasteiger partial charge in [0.25, 0.3) is 0 Å². The molecule has 31 heavy (non-hydrogen) atoms. The summed E-state index contributed by atoms with van der Waals surface area (Å²) in [6, 6.07) is 19.0. The highest BCUT2D eigenvalue weighted by Gasteiger charge is 2.19. The van der Waals surface area contributed by atoms with Gasteiger partial charge in [-0.2, -0.15) is 0 Å². The van der Waals surface area contributed by atoms with Crippen molar-refractivity contribution in [3.63, 3.8) is 0 Å². The number of rotatable bonds is 7. The molecule has 0 bridgehead atoms. The normalized spacial score (nSPS) is 13.3. The summed E-state index contributed by atoms with van der Waals surface area (Å²) in [4.78, 5) is 7.88. The van der Waals surface area contributed by atoms with Gasteiger partial charge >= 0.3 is 0 Å². The smallest absolute Gasteiger partial charge is 0.229 e. The molecule has 0 saturated carbocycles. The highest BCUT2D eigenvalue weighted by atomic mass is 32.1. The molecule has 0 spiro atoms. The van der Waals surface area contributed by atoms with Crippen molar-refractivity contribution in [1.29, 1.82) is 0 Å². The molecule has 0 N–H and O–H groups in total. The molecule has 0 radical (unpaired) electrons. The average molecular weight is 433 g/mol. The van der Waals surface area contributed by atoms with Gasteiger partial charge in [0.2, 0.25) is 16.9 Å². The van der Waals surface area contributed by atoms with Crippen LogP contribution >= 0.6 is 11.3 Å². The van der Waals surface area contributed by atoms with Gasteiger partial charge in [-0.1, -0.05) is 79.8 Å². The van der Waals surface area contributed by atoms with E-state index < -0.39 is 0 Å². The van der Waals surface area contributed by atoms with E-state index in [0.29, 0.717) is 12.5 Å². The minimum Gasteiger partial charge on any atom is -0.462 e. The van der Waals surface area contributed by atoms with Crippen LogP contribution in [0.15, 0.2) is 72.8 Å². The molecule has 0 aliphatic carbocycles. The van der Waals surface area contributed by atoms with E-state index in [0.717, 1.165) is 33.7 Å². The molecule has 0 fully saturated rings. The lowest BCUT2D eigenvalue weighted by molar-refractivity contribution is 0.0797. The maximum Gasteiger partial charge on any atom is 0.229 e. The van der Waals surface area contributed by atoms with Crippen molar-refractivity contribution >= 4 is 21.4 Å². The van der Waals surface area contributed by atoms with E-state index in [2.05, 4.69) is 55.1 Å². The maximum atomic E-state index is 5.55. The van der Waals surface area contributed by atoms with Crippen molar-refractivity contribution in [2.24, 2.45) is 0 Å². The van der Waals surface area contributed by atoms with Crippen LogP contribution in [0, 0.1) is 0 Å². The number of fused-ring (bicyclic) bond motifs is 1. The summed E-state index contributed by atoms with van der Waals surface area (Å²) >= 11 is 1.57. The van der Waals surface area contributed by atoms with E-state index in [9.17, 15) is 0 Å². The summed E-state index contributed by atoms with van der Waals surface area (Å²) in [6.45, 7) is 5.99. The highest BCUT2D eigenvalue weighted by molar-refractivity contribution is 7.20. The Kier molecular flexibility index (Phi) is 5.34. The first kappa shape index (κ1) is 19.6. The molecular formula is C24H24N4O2S. The summed E-state index contributed by atoms with van der Waals surface area (Å²) in [5.74, 6) is 1.32. The largest absolute Gasteiger partial charge is 0.462 e. The molecule has 158 valence electrons. The SMILES string of the molecule is CC(C)c1ccc(-c2cn3nc(N(CC4=COCO4)Cc4ccccc4)sc3n2)cc1. The number of hydrogen-bond acceptors (Lipinski definition) is 6. The van der Waals surface area contributed by atoms with Crippen LogP contribution < -0.4 is 4.90 Å². The van der Waals surface area contributed by atoms with Crippen molar-refractivity contribution in [3.8, 4) is 11.3 Å². The second-order valence-corrected chi connectivity index (χ2v) is 8.80. The molecule has 5 rings (SSSR count). The molecule has 2 aromatic carbocycles. The molecule has 0 amide bonds.